The second kappa shape index (κ2) is 7.81. The Morgan fingerprint density at radius 3 is 2.17 bits per heavy atom. The average Bonchev–Trinajstić information content (AvgIpc) is 2.52. The highest BCUT2D eigenvalue weighted by molar-refractivity contribution is 5.53. The largest absolute Gasteiger partial charge is 0.369 e. The first-order chi connectivity index (χ1) is 11.2. The molecule has 1 aliphatic heterocycles. The first-order valence-electron chi connectivity index (χ1n) is 9.18. The molecule has 0 aliphatic carbocycles. The van der Waals surface area contributed by atoms with Crippen molar-refractivity contribution in [2.24, 2.45) is 5.92 Å². The lowest BCUT2D eigenvalue weighted by Gasteiger charge is -2.37. The molecule has 1 heterocycles. The van der Waals surface area contributed by atoms with Gasteiger partial charge in [0.2, 0.25) is 0 Å². The van der Waals surface area contributed by atoms with E-state index in [4.69, 9.17) is 0 Å². The SMILES string of the molecule is CC(C)CCN1CCN(c2ccc(C(C)C)c(C(C)(F)F)c2)CC1. The Morgan fingerprint density at radius 1 is 1.04 bits per heavy atom. The molecule has 1 saturated heterocycles. The number of piperazine rings is 1. The summed E-state index contributed by atoms with van der Waals surface area (Å²) in [4.78, 5) is 4.72. The molecule has 136 valence electrons. The molecule has 0 spiro atoms. The van der Waals surface area contributed by atoms with Crippen LogP contribution in [-0.2, 0) is 5.92 Å². The molecule has 4 heteroatoms. The lowest BCUT2D eigenvalue weighted by Crippen LogP contribution is -2.46. The summed E-state index contributed by atoms with van der Waals surface area (Å²) in [5, 5.41) is 0. The molecule has 0 atom stereocenters. The normalized spacial score (nSPS) is 17.1. The van der Waals surface area contributed by atoms with Crippen LogP contribution >= 0.6 is 0 Å². The number of anilines is 1. The number of nitrogens with zero attached hydrogens (tertiary/aromatic N) is 2. The highest BCUT2D eigenvalue weighted by atomic mass is 19.3. The van der Waals surface area contributed by atoms with E-state index in [-0.39, 0.29) is 11.5 Å². The van der Waals surface area contributed by atoms with Gasteiger partial charge in [0.15, 0.2) is 0 Å². The van der Waals surface area contributed by atoms with E-state index >= 15 is 0 Å². The van der Waals surface area contributed by atoms with Crippen molar-refractivity contribution < 1.29 is 8.78 Å². The molecule has 2 rings (SSSR count). The van der Waals surface area contributed by atoms with Crippen LogP contribution in [0.5, 0.6) is 0 Å². The van der Waals surface area contributed by atoms with E-state index in [2.05, 4.69) is 23.6 Å². The Kier molecular flexibility index (Phi) is 6.24. The smallest absolute Gasteiger partial charge is 0.270 e. The molecule has 0 radical (unpaired) electrons. The van der Waals surface area contributed by atoms with Crippen LogP contribution in [0.1, 0.15) is 58.1 Å². The average molecular weight is 338 g/mol. The molecule has 1 aromatic carbocycles. The van der Waals surface area contributed by atoms with Crippen LogP contribution in [0.2, 0.25) is 0 Å². The van der Waals surface area contributed by atoms with Gasteiger partial charge in [-0.1, -0.05) is 33.8 Å². The van der Waals surface area contributed by atoms with Gasteiger partial charge in [-0.2, -0.15) is 0 Å². The standard InChI is InChI=1S/C20H32F2N2/c1-15(2)8-9-23-10-12-24(13-11-23)17-6-7-18(16(3)4)19(14-17)20(5,21)22/h6-7,14-16H,8-13H2,1-5H3. The number of alkyl halides is 2. The summed E-state index contributed by atoms with van der Waals surface area (Å²) in [5.41, 5.74) is 1.86. The third kappa shape index (κ3) is 4.92. The Morgan fingerprint density at radius 2 is 1.67 bits per heavy atom. The summed E-state index contributed by atoms with van der Waals surface area (Å²) in [6, 6.07) is 5.60. The molecule has 1 aliphatic rings. The van der Waals surface area contributed by atoms with Crippen molar-refractivity contribution in [2.75, 3.05) is 37.6 Å². The molecule has 0 N–H and O–H groups in total. The highest BCUT2D eigenvalue weighted by Gasteiger charge is 2.29. The van der Waals surface area contributed by atoms with Crippen LogP contribution in [0.4, 0.5) is 14.5 Å². The number of benzene rings is 1. The van der Waals surface area contributed by atoms with Crippen LogP contribution in [0.15, 0.2) is 18.2 Å². The molecule has 24 heavy (non-hydrogen) atoms. The zero-order valence-electron chi connectivity index (χ0n) is 15.8. The van der Waals surface area contributed by atoms with Crippen molar-refractivity contribution >= 4 is 5.69 Å². The zero-order valence-corrected chi connectivity index (χ0v) is 15.8. The van der Waals surface area contributed by atoms with Gasteiger partial charge in [0.1, 0.15) is 0 Å². The van der Waals surface area contributed by atoms with Gasteiger partial charge in [-0.25, -0.2) is 8.78 Å². The van der Waals surface area contributed by atoms with Crippen molar-refractivity contribution in [1.29, 1.82) is 0 Å². The molecule has 0 aromatic heterocycles. The maximum Gasteiger partial charge on any atom is 0.270 e. The van der Waals surface area contributed by atoms with Crippen LogP contribution in [0.25, 0.3) is 0 Å². The number of hydrogen-bond donors (Lipinski definition) is 0. The minimum atomic E-state index is -2.80. The third-order valence-corrected chi connectivity index (χ3v) is 4.89. The molecule has 0 unspecified atom stereocenters. The van der Waals surface area contributed by atoms with Crippen LogP contribution in [0, 0.1) is 5.92 Å². The van der Waals surface area contributed by atoms with Gasteiger partial charge in [0, 0.05) is 44.4 Å². The van der Waals surface area contributed by atoms with Gasteiger partial charge in [-0.3, -0.25) is 4.90 Å². The first kappa shape index (κ1) is 19.2. The third-order valence-electron chi connectivity index (χ3n) is 4.89. The Labute approximate surface area is 145 Å². The quantitative estimate of drug-likeness (QED) is 0.713. The summed E-state index contributed by atoms with van der Waals surface area (Å²) >= 11 is 0. The number of halogens is 2. The summed E-state index contributed by atoms with van der Waals surface area (Å²) in [6.07, 6.45) is 1.22. The number of rotatable bonds is 6. The monoisotopic (exact) mass is 338 g/mol. The minimum Gasteiger partial charge on any atom is -0.369 e. The molecule has 1 aromatic rings. The van der Waals surface area contributed by atoms with Crippen molar-refractivity contribution in [2.45, 2.75) is 52.9 Å². The second-order valence-corrected chi connectivity index (χ2v) is 7.83. The predicted molar refractivity (Wildman–Crippen MR) is 98.2 cm³/mol. The van der Waals surface area contributed by atoms with Crippen LogP contribution < -0.4 is 4.90 Å². The fourth-order valence-corrected chi connectivity index (χ4v) is 3.30. The predicted octanol–water partition coefficient (Wildman–Crippen LogP) is 5.09. The molecular formula is C20H32F2N2. The molecule has 0 bridgehead atoms. The van der Waals surface area contributed by atoms with Crippen LogP contribution in [0.3, 0.4) is 0 Å². The summed E-state index contributed by atoms with van der Waals surface area (Å²) < 4.78 is 28.1. The summed E-state index contributed by atoms with van der Waals surface area (Å²) in [5.74, 6) is -1.97. The Hall–Kier alpha value is -1.16. The lowest BCUT2D eigenvalue weighted by molar-refractivity contribution is 0.0163. The van der Waals surface area contributed by atoms with Gasteiger partial charge in [0.05, 0.1) is 0 Å². The van der Waals surface area contributed by atoms with E-state index in [1.165, 1.54) is 6.42 Å². The van der Waals surface area contributed by atoms with Gasteiger partial charge in [-0.15, -0.1) is 0 Å². The minimum absolute atomic E-state index is 0.104. The van der Waals surface area contributed by atoms with E-state index in [1.54, 1.807) is 6.07 Å². The van der Waals surface area contributed by atoms with E-state index in [0.29, 0.717) is 0 Å². The van der Waals surface area contributed by atoms with Crippen molar-refractivity contribution in [3.05, 3.63) is 29.3 Å². The maximum atomic E-state index is 14.0. The summed E-state index contributed by atoms with van der Waals surface area (Å²) in [6.45, 7) is 14.4. The van der Waals surface area contributed by atoms with Gasteiger partial charge in [0.25, 0.3) is 5.92 Å². The summed E-state index contributed by atoms with van der Waals surface area (Å²) in [7, 11) is 0. The molecular weight excluding hydrogens is 306 g/mol. The first-order valence-corrected chi connectivity index (χ1v) is 9.18. The topological polar surface area (TPSA) is 6.48 Å². The van der Waals surface area contributed by atoms with E-state index in [1.807, 2.05) is 26.0 Å². The fraction of sp³-hybridized carbons (Fsp3) is 0.700. The van der Waals surface area contributed by atoms with Crippen LogP contribution in [-0.4, -0.2) is 37.6 Å². The Balaban J connectivity index is 2.08. The molecule has 1 fully saturated rings. The Bertz CT molecular complexity index is 527. The molecule has 0 amide bonds. The number of hydrogen-bond acceptors (Lipinski definition) is 2. The van der Waals surface area contributed by atoms with E-state index in [9.17, 15) is 8.78 Å². The fourth-order valence-electron chi connectivity index (χ4n) is 3.30. The molecule has 2 nitrogen and oxygen atoms in total. The van der Waals surface area contributed by atoms with Gasteiger partial charge >= 0.3 is 0 Å². The second-order valence-electron chi connectivity index (χ2n) is 7.83. The lowest BCUT2D eigenvalue weighted by atomic mass is 9.93. The van der Waals surface area contributed by atoms with Crippen molar-refractivity contribution in [3.63, 3.8) is 0 Å². The highest BCUT2D eigenvalue weighted by Crippen LogP contribution is 2.36. The van der Waals surface area contributed by atoms with Crippen molar-refractivity contribution in [3.8, 4) is 0 Å². The molecule has 0 saturated carbocycles. The van der Waals surface area contributed by atoms with Gasteiger partial charge < -0.3 is 4.90 Å². The van der Waals surface area contributed by atoms with E-state index < -0.39 is 5.92 Å². The zero-order chi connectivity index (χ0) is 17.9. The maximum absolute atomic E-state index is 14.0. The van der Waals surface area contributed by atoms with Gasteiger partial charge in [-0.05, 0) is 42.5 Å². The van der Waals surface area contributed by atoms with E-state index in [0.717, 1.165) is 56.8 Å². The van der Waals surface area contributed by atoms with Crippen molar-refractivity contribution in [1.82, 2.24) is 4.90 Å².